The van der Waals surface area contributed by atoms with E-state index in [2.05, 4.69) is 47.3 Å². The van der Waals surface area contributed by atoms with E-state index in [-0.39, 0.29) is 29.9 Å². The summed E-state index contributed by atoms with van der Waals surface area (Å²) in [7, 11) is 0. The quantitative estimate of drug-likeness (QED) is 0.662. The van der Waals surface area contributed by atoms with E-state index < -0.39 is 0 Å². The predicted octanol–water partition coefficient (Wildman–Crippen LogP) is 4.90. The molecule has 28 heavy (non-hydrogen) atoms. The minimum atomic E-state index is -0.272. The van der Waals surface area contributed by atoms with E-state index >= 15 is 0 Å². The summed E-state index contributed by atoms with van der Waals surface area (Å²) in [5.41, 5.74) is 2.37. The molecule has 6 heteroatoms. The number of anilines is 1. The Balaban J connectivity index is 1.91. The average molecular weight is 447 g/mol. The molecule has 0 radical (unpaired) electrons. The zero-order valence-corrected chi connectivity index (χ0v) is 18.5. The third-order valence-electron chi connectivity index (χ3n) is 4.01. The van der Waals surface area contributed by atoms with Gasteiger partial charge in [-0.25, -0.2) is 0 Å². The summed E-state index contributed by atoms with van der Waals surface area (Å²) in [5.74, 6) is 0.204. The first kappa shape index (κ1) is 22.0. The van der Waals surface area contributed by atoms with Crippen molar-refractivity contribution in [2.75, 3.05) is 11.9 Å². The van der Waals surface area contributed by atoms with Crippen LogP contribution in [-0.2, 0) is 10.2 Å². The highest BCUT2D eigenvalue weighted by Crippen LogP contribution is 2.31. The maximum Gasteiger partial charge on any atom is 0.262 e. The highest BCUT2D eigenvalue weighted by atomic mass is 79.9. The minimum absolute atomic E-state index is 0.0384. The van der Waals surface area contributed by atoms with Crippen LogP contribution in [0, 0.1) is 0 Å². The number of ether oxygens (including phenoxy) is 1. The fraction of sp³-hybridized carbons (Fsp3) is 0.364. The summed E-state index contributed by atoms with van der Waals surface area (Å²) in [6.45, 7) is 10.1. The molecule has 0 aromatic heterocycles. The largest absolute Gasteiger partial charge is 0.483 e. The van der Waals surface area contributed by atoms with Gasteiger partial charge in [-0.05, 0) is 77.2 Å². The number of benzene rings is 2. The standard InChI is InChI=1S/C22H27BrN2O3/c1-14(2)24-21(27)15-6-9-17(10-7-15)25-20(26)13-28-19-11-8-16(12-18(19)23)22(3,4)5/h6-12,14H,13H2,1-5H3,(H,24,27)(H,25,26). The fourth-order valence-electron chi connectivity index (χ4n) is 2.48. The first-order valence-corrected chi connectivity index (χ1v) is 9.99. The third kappa shape index (κ3) is 6.37. The molecule has 0 atom stereocenters. The van der Waals surface area contributed by atoms with Crippen LogP contribution >= 0.6 is 15.9 Å². The van der Waals surface area contributed by atoms with Crippen molar-refractivity contribution >= 4 is 33.4 Å². The molecular weight excluding hydrogens is 420 g/mol. The van der Waals surface area contributed by atoms with Gasteiger partial charge < -0.3 is 15.4 Å². The van der Waals surface area contributed by atoms with Crippen molar-refractivity contribution in [1.29, 1.82) is 0 Å². The average Bonchev–Trinajstić information content (AvgIpc) is 2.59. The van der Waals surface area contributed by atoms with Crippen molar-refractivity contribution in [3.8, 4) is 5.75 Å². The van der Waals surface area contributed by atoms with E-state index in [1.807, 2.05) is 32.0 Å². The normalized spacial score (nSPS) is 11.2. The lowest BCUT2D eigenvalue weighted by Crippen LogP contribution is -2.30. The molecule has 0 fully saturated rings. The van der Waals surface area contributed by atoms with Crippen molar-refractivity contribution in [2.24, 2.45) is 0 Å². The molecule has 2 aromatic carbocycles. The summed E-state index contributed by atoms with van der Waals surface area (Å²) in [5, 5.41) is 5.59. The van der Waals surface area contributed by atoms with Crippen molar-refractivity contribution < 1.29 is 14.3 Å². The number of nitrogens with one attached hydrogen (secondary N) is 2. The van der Waals surface area contributed by atoms with E-state index in [4.69, 9.17) is 4.74 Å². The van der Waals surface area contributed by atoms with Crippen LogP contribution in [0.3, 0.4) is 0 Å². The second kappa shape index (κ2) is 9.24. The molecule has 0 bridgehead atoms. The SMILES string of the molecule is CC(C)NC(=O)c1ccc(NC(=O)COc2ccc(C(C)(C)C)cc2Br)cc1. The zero-order valence-electron chi connectivity index (χ0n) is 16.9. The minimum Gasteiger partial charge on any atom is -0.483 e. The Bertz CT molecular complexity index is 840. The smallest absolute Gasteiger partial charge is 0.262 e. The van der Waals surface area contributed by atoms with Gasteiger partial charge in [0.1, 0.15) is 5.75 Å². The van der Waals surface area contributed by atoms with Crippen LogP contribution in [0.1, 0.15) is 50.5 Å². The van der Waals surface area contributed by atoms with Gasteiger partial charge in [-0.3, -0.25) is 9.59 Å². The molecule has 0 unspecified atom stereocenters. The number of hydrogen-bond acceptors (Lipinski definition) is 3. The molecule has 2 aromatic rings. The van der Waals surface area contributed by atoms with Gasteiger partial charge in [0.05, 0.1) is 4.47 Å². The van der Waals surface area contributed by atoms with Crippen LogP contribution in [0.15, 0.2) is 46.9 Å². The van der Waals surface area contributed by atoms with Crippen LogP contribution in [-0.4, -0.2) is 24.5 Å². The van der Waals surface area contributed by atoms with Gasteiger partial charge in [-0.1, -0.05) is 26.8 Å². The van der Waals surface area contributed by atoms with Crippen molar-refractivity contribution in [3.05, 3.63) is 58.1 Å². The molecular formula is C22H27BrN2O3. The summed E-state index contributed by atoms with van der Waals surface area (Å²) < 4.78 is 6.43. The van der Waals surface area contributed by atoms with Gasteiger partial charge in [0.25, 0.3) is 11.8 Å². The molecule has 0 saturated carbocycles. The monoisotopic (exact) mass is 446 g/mol. The van der Waals surface area contributed by atoms with E-state index in [1.165, 1.54) is 5.56 Å². The van der Waals surface area contributed by atoms with Gasteiger partial charge in [0, 0.05) is 17.3 Å². The maximum atomic E-state index is 12.2. The molecule has 150 valence electrons. The zero-order chi connectivity index (χ0) is 20.9. The summed E-state index contributed by atoms with van der Waals surface area (Å²) >= 11 is 3.50. The number of carbonyl (C=O) groups excluding carboxylic acids is 2. The summed E-state index contributed by atoms with van der Waals surface area (Å²) in [6.07, 6.45) is 0. The van der Waals surface area contributed by atoms with Crippen molar-refractivity contribution in [3.63, 3.8) is 0 Å². The fourth-order valence-corrected chi connectivity index (χ4v) is 2.97. The molecule has 2 rings (SSSR count). The van der Waals surface area contributed by atoms with Crippen molar-refractivity contribution in [1.82, 2.24) is 5.32 Å². The molecule has 2 amide bonds. The van der Waals surface area contributed by atoms with Crippen molar-refractivity contribution in [2.45, 2.75) is 46.1 Å². The van der Waals surface area contributed by atoms with Gasteiger partial charge in [0.15, 0.2) is 6.61 Å². The Hall–Kier alpha value is -2.34. The molecule has 0 heterocycles. The van der Waals surface area contributed by atoms with E-state index in [9.17, 15) is 9.59 Å². The van der Waals surface area contributed by atoms with Gasteiger partial charge >= 0.3 is 0 Å². The second-order valence-electron chi connectivity index (χ2n) is 7.94. The Kier molecular flexibility index (Phi) is 7.24. The summed E-state index contributed by atoms with van der Waals surface area (Å²) in [6, 6.07) is 12.7. The number of amides is 2. The van der Waals surface area contributed by atoms with Crippen LogP contribution in [0.25, 0.3) is 0 Å². The van der Waals surface area contributed by atoms with E-state index in [0.717, 1.165) is 4.47 Å². The molecule has 0 spiro atoms. The van der Waals surface area contributed by atoms with Gasteiger partial charge in [-0.2, -0.15) is 0 Å². The number of hydrogen-bond donors (Lipinski definition) is 2. The highest BCUT2D eigenvalue weighted by molar-refractivity contribution is 9.10. The third-order valence-corrected chi connectivity index (χ3v) is 4.63. The number of carbonyl (C=O) groups is 2. The lowest BCUT2D eigenvalue weighted by molar-refractivity contribution is -0.118. The van der Waals surface area contributed by atoms with E-state index in [1.54, 1.807) is 24.3 Å². The van der Waals surface area contributed by atoms with E-state index in [0.29, 0.717) is 17.0 Å². The molecule has 5 nitrogen and oxygen atoms in total. The topological polar surface area (TPSA) is 67.4 Å². The van der Waals surface area contributed by atoms with Gasteiger partial charge in [-0.15, -0.1) is 0 Å². The van der Waals surface area contributed by atoms with Gasteiger partial charge in [0.2, 0.25) is 0 Å². The Morgan fingerprint density at radius 1 is 1.07 bits per heavy atom. The first-order chi connectivity index (χ1) is 13.1. The Morgan fingerprint density at radius 3 is 2.25 bits per heavy atom. The number of rotatable bonds is 6. The first-order valence-electron chi connectivity index (χ1n) is 9.20. The second-order valence-corrected chi connectivity index (χ2v) is 8.79. The van der Waals surface area contributed by atoms with Crippen LogP contribution in [0.2, 0.25) is 0 Å². The molecule has 2 N–H and O–H groups in total. The Morgan fingerprint density at radius 2 is 1.71 bits per heavy atom. The molecule has 0 saturated heterocycles. The predicted molar refractivity (Wildman–Crippen MR) is 116 cm³/mol. The Labute approximate surface area is 175 Å². The molecule has 0 aliphatic carbocycles. The van der Waals surface area contributed by atoms with Crippen LogP contribution in [0.5, 0.6) is 5.75 Å². The molecule has 0 aliphatic rings. The van der Waals surface area contributed by atoms with Crippen LogP contribution < -0.4 is 15.4 Å². The lowest BCUT2D eigenvalue weighted by atomic mass is 9.87. The lowest BCUT2D eigenvalue weighted by Gasteiger charge is -2.20. The summed E-state index contributed by atoms with van der Waals surface area (Å²) in [4.78, 5) is 24.1. The van der Waals surface area contributed by atoms with Crippen LogP contribution in [0.4, 0.5) is 5.69 Å². The maximum absolute atomic E-state index is 12.2. The molecule has 0 aliphatic heterocycles. The highest BCUT2D eigenvalue weighted by Gasteiger charge is 2.16. The number of halogens is 1.